The van der Waals surface area contributed by atoms with Crippen LogP contribution < -0.4 is 5.73 Å². The summed E-state index contributed by atoms with van der Waals surface area (Å²) in [5, 5.41) is 0. The summed E-state index contributed by atoms with van der Waals surface area (Å²) in [6.07, 6.45) is 4.83. The molecule has 0 spiro atoms. The summed E-state index contributed by atoms with van der Waals surface area (Å²) in [6, 6.07) is 5.17. The van der Waals surface area contributed by atoms with Gasteiger partial charge in [-0.1, -0.05) is 31.9 Å². The summed E-state index contributed by atoms with van der Waals surface area (Å²) < 4.78 is 13.3. The molecule has 0 saturated heterocycles. The fourth-order valence-electron chi connectivity index (χ4n) is 2.63. The minimum Gasteiger partial charge on any atom is -0.396 e. The lowest BCUT2D eigenvalue weighted by atomic mass is 9.78. The predicted octanol–water partition coefficient (Wildman–Crippen LogP) is 3.70. The van der Waals surface area contributed by atoms with Crippen LogP contribution in [0.5, 0.6) is 0 Å². The zero-order valence-corrected chi connectivity index (χ0v) is 9.17. The van der Waals surface area contributed by atoms with E-state index in [2.05, 4.69) is 6.92 Å². The summed E-state index contributed by atoms with van der Waals surface area (Å²) in [5.41, 5.74) is 7.16. The molecule has 0 amide bonds. The van der Waals surface area contributed by atoms with E-state index in [0.717, 1.165) is 24.3 Å². The van der Waals surface area contributed by atoms with Crippen molar-refractivity contribution in [1.82, 2.24) is 0 Å². The van der Waals surface area contributed by atoms with Crippen molar-refractivity contribution in [3.8, 4) is 0 Å². The average Bonchev–Trinajstić information content (AvgIpc) is 2.22. The van der Waals surface area contributed by atoms with Crippen LogP contribution >= 0.6 is 0 Å². The van der Waals surface area contributed by atoms with E-state index in [9.17, 15) is 4.39 Å². The topological polar surface area (TPSA) is 26.0 Å². The second kappa shape index (κ2) is 4.21. The third-order valence-corrected chi connectivity index (χ3v) is 3.46. The number of para-hydroxylation sites is 1. The lowest BCUT2D eigenvalue weighted by Crippen LogP contribution is -2.13. The smallest absolute Gasteiger partial charge is 0.146 e. The van der Waals surface area contributed by atoms with Gasteiger partial charge in [0.25, 0.3) is 0 Å². The molecule has 1 saturated carbocycles. The maximum Gasteiger partial charge on any atom is 0.146 e. The summed E-state index contributed by atoms with van der Waals surface area (Å²) in [7, 11) is 0. The number of rotatable bonds is 1. The van der Waals surface area contributed by atoms with Crippen LogP contribution in [0.4, 0.5) is 10.1 Å². The Kier molecular flexibility index (Phi) is 2.94. The van der Waals surface area contributed by atoms with E-state index in [1.807, 2.05) is 6.07 Å². The van der Waals surface area contributed by atoms with Gasteiger partial charge in [-0.05, 0) is 36.3 Å². The Morgan fingerprint density at radius 2 is 2.13 bits per heavy atom. The van der Waals surface area contributed by atoms with Crippen molar-refractivity contribution in [3.63, 3.8) is 0 Å². The van der Waals surface area contributed by atoms with E-state index in [-0.39, 0.29) is 5.82 Å². The molecule has 82 valence electrons. The number of halogens is 1. The van der Waals surface area contributed by atoms with Gasteiger partial charge in [0, 0.05) is 0 Å². The van der Waals surface area contributed by atoms with Gasteiger partial charge in [0.2, 0.25) is 0 Å². The summed E-state index contributed by atoms with van der Waals surface area (Å²) in [5.74, 6) is 0.932. The third kappa shape index (κ3) is 2.14. The largest absolute Gasteiger partial charge is 0.396 e. The number of hydrogen-bond donors (Lipinski definition) is 1. The molecule has 1 aromatic carbocycles. The average molecular weight is 207 g/mol. The zero-order chi connectivity index (χ0) is 10.8. The van der Waals surface area contributed by atoms with Gasteiger partial charge in [0.05, 0.1) is 5.69 Å². The molecule has 2 heteroatoms. The van der Waals surface area contributed by atoms with Crippen molar-refractivity contribution in [2.24, 2.45) is 5.92 Å². The standard InChI is InChI=1S/C13H18FN/c1-9-4-2-5-10(8-9)11-6-3-7-12(14)13(11)15/h3,6-7,9-10H,2,4-5,8,15H2,1H3/t9-,10-/m1/s1. The molecular weight excluding hydrogens is 189 g/mol. The molecule has 0 aromatic heterocycles. The Hall–Kier alpha value is -1.05. The lowest BCUT2D eigenvalue weighted by molar-refractivity contribution is 0.344. The fraction of sp³-hybridized carbons (Fsp3) is 0.538. The molecule has 2 rings (SSSR count). The Morgan fingerprint density at radius 1 is 1.33 bits per heavy atom. The first-order chi connectivity index (χ1) is 7.18. The van der Waals surface area contributed by atoms with E-state index < -0.39 is 0 Å². The van der Waals surface area contributed by atoms with Gasteiger partial charge in [-0.3, -0.25) is 0 Å². The Labute approximate surface area is 90.5 Å². The molecule has 0 unspecified atom stereocenters. The normalized spacial score (nSPS) is 26.5. The van der Waals surface area contributed by atoms with E-state index in [1.165, 1.54) is 18.9 Å². The highest BCUT2D eigenvalue weighted by Gasteiger charge is 2.22. The molecule has 0 heterocycles. The molecule has 0 aliphatic heterocycles. The molecule has 2 atom stereocenters. The van der Waals surface area contributed by atoms with Gasteiger partial charge < -0.3 is 5.73 Å². The van der Waals surface area contributed by atoms with Gasteiger partial charge in [-0.25, -0.2) is 4.39 Å². The highest BCUT2D eigenvalue weighted by atomic mass is 19.1. The van der Waals surface area contributed by atoms with Crippen molar-refractivity contribution in [2.75, 3.05) is 5.73 Å². The maximum absolute atomic E-state index is 13.3. The van der Waals surface area contributed by atoms with E-state index in [1.54, 1.807) is 6.07 Å². The molecular formula is C13H18FN. The Morgan fingerprint density at radius 3 is 2.87 bits per heavy atom. The van der Waals surface area contributed by atoms with E-state index in [0.29, 0.717) is 11.6 Å². The number of nitrogens with two attached hydrogens (primary N) is 1. The first-order valence-electron chi connectivity index (χ1n) is 5.72. The second-order valence-electron chi connectivity index (χ2n) is 4.71. The van der Waals surface area contributed by atoms with Gasteiger partial charge in [-0.2, -0.15) is 0 Å². The highest BCUT2D eigenvalue weighted by molar-refractivity contribution is 5.49. The van der Waals surface area contributed by atoms with Crippen molar-refractivity contribution >= 4 is 5.69 Å². The Balaban J connectivity index is 2.24. The van der Waals surface area contributed by atoms with Gasteiger partial charge in [0.15, 0.2) is 0 Å². The van der Waals surface area contributed by atoms with Gasteiger partial charge in [0.1, 0.15) is 5.82 Å². The fourth-order valence-corrected chi connectivity index (χ4v) is 2.63. The van der Waals surface area contributed by atoms with Crippen molar-refractivity contribution in [3.05, 3.63) is 29.6 Å². The SMILES string of the molecule is C[C@@H]1CCC[C@@H](c2cccc(F)c2N)C1. The summed E-state index contributed by atoms with van der Waals surface area (Å²) in [4.78, 5) is 0. The first-order valence-corrected chi connectivity index (χ1v) is 5.72. The van der Waals surface area contributed by atoms with Crippen LogP contribution in [0.3, 0.4) is 0 Å². The van der Waals surface area contributed by atoms with E-state index >= 15 is 0 Å². The highest BCUT2D eigenvalue weighted by Crippen LogP contribution is 2.38. The molecule has 0 radical (unpaired) electrons. The summed E-state index contributed by atoms with van der Waals surface area (Å²) in [6.45, 7) is 2.27. The second-order valence-corrected chi connectivity index (χ2v) is 4.71. The molecule has 1 fully saturated rings. The minimum absolute atomic E-state index is 0.272. The van der Waals surface area contributed by atoms with Crippen molar-refractivity contribution in [1.29, 1.82) is 0 Å². The molecule has 1 aromatic rings. The number of nitrogen functional groups attached to an aromatic ring is 1. The predicted molar refractivity (Wildman–Crippen MR) is 61.2 cm³/mol. The number of benzene rings is 1. The van der Waals surface area contributed by atoms with Crippen LogP contribution in [0.25, 0.3) is 0 Å². The van der Waals surface area contributed by atoms with Crippen LogP contribution in [0, 0.1) is 11.7 Å². The molecule has 2 N–H and O–H groups in total. The quantitative estimate of drug-likeness (QED) is 0.698. The molecule has 0 bridgehead atoms. The van der Waals surface area contributed by atoms with Gasteiger partial charge >= 0.3 is 0 Å². The van der Waals surface area contributed by atoms with Crippen molar-refractivity contribution in [2.45, 2.75) is 38.5 Å². The molecule has 1 aliphatic rings. The van der Waals surface area contributed by atoms with Crippen LogP contribution in [0.15, 0.2) is 18.2 Å². The Bertz CT molecular complexity index is 348. The van der Waals surface area contributed by atoms with Crippen molar-refractivity contribution < 1.29 is 4.39 Å². The number of hydrogen-bond acceptors (Lipinski definition) is 1. The first kappa shape index (κ1) is 10.5. The zero-order valence-electron chi connectivity index (χ0n) is 9.17. The van der Waals surface area contributed by atoms with Crippen LogP contribution in [-0.4, -0.2) is 0 Å². The van der Waals surface area contributed by atoms with Gasteiger partial charge in [-0.15, -0.1) is 0 Å². The third-order valence-electron chi connectivity index (χ3n) is 3.46. The molecule has 15 heavy (non-hydrogen) atoms. The molecule has 1 nitrogen and oxygen atoms in total. The number of anilines is 1. The summed E-state index contributed by atoms with van der Waals surface area (Å²) >= 11 is 0. The van der Waals surface area contributed by atoms with Crippen LogP contribution in [-0.2, 0) is 0 Å². The minimum atomic E-state index is -0.272. The van der Waals surface area contributed by atoms with E-state index in [4.69, 9.17) is 5.73 Å². The van der Waals surface area contributed by atoms with Crippen LogP contribution in [0.1, 0.15) is 44.1 Å². The van der Waals surface area contributed by atoms with Crippen LogP contribution in [0.2, 0.25) is 0 Å². The lowest BCUT2D eigenvalue weighted by Gasteiger charge is -2.27. The molecule has 1 aliphatic carbocycles. The monoisotopic (exact) mass is 207 g/mol. The maximum atomic E-state index is 13.3.